The minimum Gasteiger partial charge on any atom is -0.386 e. The monoisotopic (exact) mass is 465 g/mol. The van der Waals surface area contributed by atoms with Gasteiger partial charge in [0.05, 0.1) is 36.9 Å². The van der Waals surface area contributed by atoms with E-state index >= 15 is 0 Å². The summed E-state index contributed by atoms with van der Waals surface area (Å²) in [6.07, 6.45) is 1.53. The number of hydrogen-bond acceptors (Lipinski definition) is 8. The summed E-state index contributed by atoms with van der Waals surface area (Å²) >= 11 is 0. The van der Waals surface area contributed by atoms with Gasteiger partial charge in [-0.2, -0.15) is 0 Å². The molecule has 33 heavy (non-hydrogen) atoms. The van der Waals surface area contributed by atoms with E-state index in [0.29, 0.717) is 13.0 Å². The number of carbonyl (C=O) groups excluding carboxylic acids is 1. The number of rotatable bonds is 6. The van der Waals surface area contributed by atoms with E-state index in [-0.39, 0.29) is 47.5 Å². The number of hydrogen-bond donors (Lipinski definition) is 2. The first kappa shape index (κ1) is 22.8. The molecule has 2 N–H and O–H groups in total. The van der Waals surface area contributed by atoms with E-state index in [1.807, 2.05) is 0 Å². The zero-order chi connectivity index (χ0) is 23.6. The van der Waals surface area contributed by atoms with Gasteiger partial charge < -0.3 is 29.2 Å². The molecule has 0 aromatic carbocycles. The molecule has 1 aliphatic heterocycles. The molecule has 0 amide bonds. The number of likely N-dealkylation sites (N-methyl/N-ethyl adjacent to an activating group) is 1. The van der Waals surface area contributed by atoms with E-state index in [1.165, 1.54) is 0 Å². The Labute approximate surface area is 195 Å². The highest BCUT2D eigenvalue weighted by Crippen LogP contribution is 2.79. The zero-order valence-corrected chi connectivity index (χ0v) is 20.5. The summed E-state index contributed by atoms with van der Waals surface area (Å²) in [4.78, 5) is 16.1. The maximum absolute atomic E-state index is 13.8. The van der Waals surface area contributed by atoms with Crippen molar-refractivity contribution in [3.8, 4) is 0 Å². The van der Waals surface area contributed by atoms with Crippen LogP contribution in [-0.2, 0) is 23.7 Å². The minimum absolute atomic E-state index is 0.0498. The molecule has 12 atom stereocenters. The molecule has 1 unspecified atom stereocenters. The minimum atomic E-state index is -1.61. The number of likely N-dealkylation sites (tertiary alicyclic amines) is 1. The van der Waals surface area contributed by atoms with Gasteiger partial charge in [0.15, 0.2) is 0 Å². The van der Waals surface area contributed by atoms with Crippen LogP contribution in [0.4, 0.5) is 0 Å². The van der Waals surface area contributed by atoms with Gasteiger partial charge in [0.2, 0.25) is 0 Å². The number of fused-ring (bicyclic) bond motifs is 2. The molecular weight excluding hydrogens is 426 g/mol. The maximum atomic E-state index is 13.8. The molecule has 6 fully saturated rings. The van der Waals surface area contributed by atoms with Gasteiger partial charge >= 0.3 is 0 Å². The average molecular weight is 466 g/mol. The third-order valence-electron chi connectivity index (χ3n) is 11.2. The van der Waals surface area contributed by atoms with Crippen LogP contribution in [0.15, 0.2) is 0 Å². The van der Waals surface area contributed by atoms with Gasteiger partial charge in [-0.1, -0.05) is 6.92 Å². The molecule has 8 heteroatoms. The molecule has 5 saturated carbocycles. The fourth-order valence-corrected chi connectivity index (χ4v) is 10.7. The maximum Gasteiger partial charge on any atom is 0.144 e. The van der Waals surface area contributed by atoms with Crippen molar-refractivity contribution in [3.05, 3.63) is 0 Å². The predicted molar refractivity (Wildman–Crippen MR) is 118 cm³/mol. The third kappa shape index (κ3) is 2.15. The SMILES string of the molecule is CCN1C[C@]2(COC)CC[C@H](OC)[C@]34[C@@H]5C[C@H]6C(=O)[C@@H]5[C@](O)(C[C@@H]6OC)C(O)([C@@H]13)[C@@H](OC)[C@H]24. The summed E-state index contributed by atoms with van der Waals surface area (Å²) in [6.45, 7) is 4.19. The Morgan fingerprint density at radius 2 is 1.88 bits per heavy atom. The van der Waals surface area contributed by atoms with Crippen molar-refractivity contribution < 1.29 is 34.0 Å². The third-order valence-corrected chi connectivity index (χ3v) is 11.2. The molecule has 1 saturated heterocycles. The number of ether oxygens (including phenoxy) is 4. The van der Waals surface area contributed by atoms with E-state index in [2.05, 4.69) is 11.8 Å². The average Bonchev–Trinajstić information content (AvgIpc) is 3.16. The second-order valence-corrected chi connectivity index (χ2v) is 11.7. The quantitative estimate of drug-likeness (QED) is 0.585. The molecule has 0 radical (unpaired) electrons. The van der Waals surface area contributed by atoms with Crippen LogP contribution >= 0.6 is 0 Å². The molecule has 5 aliphatic carbocycles. The van der Waals surface area contributed by atoms with Crippen LogP contribution in [-0.4, -0.2) is 105 Å². The molecule has 6 aliphatic rings. The van der Waals surface area contributed by atoms with Gasteiger partial charge in [-0.05, 0) is 31.7 Å². The molecular formula is C25H39NO7. The van der Waals surface area contributed by atoms with Crippen molar-refractivity contribution >= 4 is 5.78 Å². The van der Waals surface area contributed by atoms with Gasteiger partial charge in [-0.15, -0.1) is 0 Å². The number of Topliss-reactive ketones (excluding diaryl/α,β-unsaturated/α-hetero) is 1. The second-order valence-electron chi connectivity index (χ2n) is 11.7. The lowest BCUT2D eigenvalue weighted by Gasteiger charge is -2.69. The lowest BCUT2D eigenvalue weighted by atomic mass is 9.42. The fourth-order valence-electron chi connectivity index (χ4n) is 10.7. The van der Waals surface area contributed by atoms with Crippen LogP contribution < -0.4 is 0 Å². The molecule has 0 aromatic rings. The lowest BCUT2D eigenvalue weighted by Crippen LogP contribution is -2.81. The number of methoxy groups -OCH3 is 4. The Morgan fingerprint density at radius 3 is 2.48 bits per heavy atom. The first-order chi connectivity index (χ1) is 15.8. The van der Waals surface area contributed by atoms with Gasteiger partial charge in [0.25, 0.3) is 0 Å². The number of carbonyl (C=O) groups is 1. The molecule has 7 bridgehead atoms. The van der Waals surface area contributed by atoms with Crippen molar-refractivity contribution in [3.63, 3.8) is 0 Å². The highest BCUT2D eigenvalue weighted by Gasteiger charge is 2.91. The summed E-state index contributed by atoms with van der Waals surface area (Å²) in [7, 11) is 6.75. The Balaban J connectivity index is 1.68. The van der Waals surface area contributed by atoms with Crippen molar-refractivity contribution in [2.45, 2.75) is 68.2 Å². The van der Waals surface area contributed by atoms with Crippen LogP contribution in [0, 0.1) is 34.5 Å². The number of aliphatic hydroxyl groups is 2. The number of ketones is 1. The van der Waals surface area contributed by atoms with Crippen molar-refractivity contribution in [2.75, 3.05) is 48.1 Å². The predicted octanol–water partition coefficient (Wildman–Crippen LogP) is 0.479. The number of nitrogens with zero attached hydrogens (tertiary/aromatic N) is 1. The van der Waals surface area contributed by atoms with E-state index in [0.717, 1.165) is 25.9 Å². The first-order valence-electron chi connectivity index (χ1n) is 12.6. The summed E-state index contributed by atoms with van der Waals surface area (Å²) in [5, 5.41) is 25.4. The fraction of sp³-hybridized carbons (Fsp3) is 0.960. The summed E-state index contributed by atoms with van der Waals surface area (Å²) in [6, 6.07) is -0.353. The van der Waals surface area contributed by atoms with Crippen LogP contribution in [0.1, 0.15) is 32.6 Å². The standard InChI is InChI=1S/C25H39NO7/c1-6-26-11-22(12-30-2)8-7-16(32-4)24-14-9-13-15(31-3)10-23(28,17(14)18(13)27)25(29,21(24)26)20(33-5)19(22)24/h13-17,19-21,28-29H,6-12H2,1-5H3/t13-,14-,15+,16+,17-,19-,20+,21+,22+,23-,24+,25?/m1/s1. The highest BCUT2D eigenvalue weighted by molar-refractivity contribution is 5.90. The zero-order valence-electron chi connectivity index (χ0n) is 20.5. The van der Waals surface area contributed by atoms with Crippen molar-refractivity contribution in [2.24, 2.45) is 34.5 Å². The Morgan fingerprint density at radius 1 is 1.12 bits per heavy atom. The molecule has 186 valence electrons. The largest absolute Gasteiger partial charge is 0.386 e. The second kappa shape index (κ2) is 6.99. The van der Waals surface area contributed by atoms with Crippen LogP contribution in [0.3, 0.4) is 0 Å². The first-order valence-corrected chi connectivity index (χ1v) is 12.6. The van der Waals surface area contributed by atoms with E-state index in [1.54, 1.807) is 28.4 Å². The van der Waals surface area contributed by atoms with Crippen molar-refractivity contribution in [1.82, 2.24) is 4.90 Å². The highest BCUT2D eigenvalue weighted by atomic mass is 16.5. The van der Waals surface area contributed by atoms with Crippen LogP contribution in [0.25, 0.3) is 0 Å². The van der Waals surface area contributed by atoms with Gasteiger partial charge in [0, 0.05) is 64.1 Å². The Kier molecular flexibility index (Phi) is 4.84. The van der Waals surface area contributed by atoms with Crippen LogP contribution in [0.5, 0.6) is 0 Å². The Hall–Kier alpha value is -0.610. The van der Waals surface area contributed by atoms with E-state index in [4.69, 9.17) is 18.9 Å². The summed E-state index contributed by atoms with van der Waals surface area (Å²) < 4.78 is 24.1. The number of piperidine rings is 1. The molecule has 6 rings (SSSR count). The lowest BCUT2D eigenvalue weighted by molar-refractivity contribution is -0.301. The molecule has 8 nitrogen and oxygen atoms in total. The van der Waals surface area contributed by atoms with Gasteiger partial charge in [-0.25, -0.2) is 0 Å². The molecule has 1 heterocycles. The van der Waals surface area contributed by atoms with E-state index < -0.39 is 34.7 Å². The van der Waals surface area contributed by atoms with E-state index in [9.17, 15) is 15.0 Å². The smallest absolute Gasteiger partial charge is 0.144 e. The normalized spacial score (nSPS) is 58.7. The van der Waals surface area contributed by atoms with Gasteiger partial charge in [0.1, 0.15) is 17.0 Å². The molecule has 0 aromatic heterocycles. The molecule has 1 spiro atoms. The Bertz CT molecular complexity index is 855. The van der Waals surface area contributed by atoms with Gasteiger partial charge in [-0.3, -0.25) is 9.69 Å². The van der Waals surface area contributed by atoms with Crippen LogP contribution in [0.2, 0.25) is 0 Å². The van der Waals surface area contributed by atoms with Crippen molar-refractivity contribution in [1.29, 1.82) is 0 Å². The summed E-state index contributed by atoms with van der Waals surface area (Å²) in [5.41, 5.74) is -3.95. The topological polar surface area (TPSA) is 97.7 Å². The summed E-state index contributed by atoms with van der Waals surface area (Å²) in [5.74, 6) is -0.972.